The number of aryl methyl sites for hydroxylation is 1. The number of hydrogen-bond donors (Lipinski definition) is 1. The van der Waals surface area contributed by atoms with Crippen molar-refractivity contribution in [1.29, 1.82) is 0 Å². The van der Waals surface area contributed by atoms with Crippen LogP contribution in [0.25, 0.3) is 0 Å². The minimum atomic E-state index is -0.830. The summed E-state index contributed by atoms with van der Waals surface area (Å²) in [4.78, 5) is 0. The molecule has 1 heterocycles. The average molecular weight is 150 g/mol. The molecule has 11 heavy (non-hydrogen) atoms. The van der Waals surface area contributed by atoms with Gasteiger partial charge < -0.3 is 9.52 Å². The molecule has 58 valence electrons. The Kier molecular flexibility index (Phi) is 2.35. The molecule has 0 aliphatic carbocycles. The maximum absolute atomic E-state index is 9.23. The van der Waals surface area contributed by atoms with E-state index in [1.165, 1.54) is 6.26 Å². The number of terminal acetylenes is 1. The van der Waals surface area contributed by atoms with Crippen LogP contribution in [0.4, 0.5) is 0 Å². The SMILES string of the molecule is C#CC(O)c1ccoc1CC. The Morgan fingerprint density at radius 3 is 3.09 bits per heavy atom. The Bertz CT molecular complexity index is 267. The predicted octanol–water partition coefficient (Wildman–Crippen LogP) is 1.51. The lowest BCUT2D eigenvalue weighted by atomic mass is 10.1. The first kappa shape index (κ1) is 7.90. The highest BCUT2D eigenvalue weighted by Crippen LogP contribution is 2.18. The molecule has 1 unspecified atom stereocenters. The molecule has 0 bridgehead atoms. The van der Waals surface area contributed by atoms with E-state index in [1.54, 1.807) is 6.07 Å². The highest BCUT2D eigenvalue weighted by atomic mass is 16.3. The molecule has 0 amide bonds. The van der Waals surface area contributed by atoms with Gasteiger partial charge in [0, 0.05) is 12.0 Å². The lowest BCUT2D eigenvalue weighted by molar-refractivity contribution is 0.235. The molecule has 0 aliphatic heterocycles. The number of aliphatic hydroxyl groups is 1. The van der Waals surface area contributed by atoms with E-state index in [2.05, 4.69) is 5.92 Å². The molecular formula is C9H10O2. The second-order valence-corrected chi connectivity index (χ2v) is 2.22. The minimum Gasteiger partial charge on any atom is -0.469 e. The molecule has 0 radical (unpaired) electrons. The zero-order valence-electron chi connectivity index (χ0n) is 6.37. The van der Waals surface area contributed by atoms with Crippen LogP contribution in [0.2, 0.25) is 0 Å². The van der Waals surface area contributed by atoms with Crippen LogP contribution in [0.1, 0.15) is 24.4 Å². The maximum Gasteiger partial charge on any atom is 0.143 e. The Labute approximate surface area is 65.8 Å². The van der Waals surface area contributed by atoms with Gasteiger partial charge in [-0.1, -0.05) is 12.8 Å². The van der Waals surface area contributed by atoms with E-state index in [1.807, 2.05) is 6.92 Å². The van der Waals surface area contributed by atoms with Crippen LogP contribution in [-0.4, -0.2) is 5.11 Å². The first-order chi connectivity index (χ1) is 5.29. The molecule has 0 aliphatic rings. The zero-order chi connectivity index (χ0) is 8.27. The largest absolute Gasteiger partial charge is 0.469 e. The quantitative estimate of drug-likeness (QED) is 0.648. The highest BCUT2D eigenvalue weighted by Gasteiger charge is 2.10. The first-order valence-corrected chi connectivity index (χ1v) is 3.50. The molecule has 2 heteroatoms. The van der Waals surface area contributed by atoms with Crippen LogP contribution in [0.15, 0.2) is 16.7 Å². The zero-order valence-corrected chi connectivity index (χ0v) is 6.37. The first-order valence-electron chi connectivity index (χ1n) is 3.50. The van der Waals surface area contributed by atoms with E-state index in [-0.39, 0.29) is 0 Å². The number of rotatable bonds is 2. The summed E-state index contributed by atoms with van der Waals surface area (Å²) in [5.74, 6) is 3.00. The molecule has 0 aromatic carbocycles. The van der Waals surface area contributed by atoms with Crippen molar-refractivity contribution in [3.8, 4) is 12.3 Å². The summed E-state index contributed by atoms with van der Waals surface area (Å²) >= 11 is 0. The second kappa shape index (κ2) is 3.27. The normalized spacial score (nSPS) is 12.5. The van der Waals surface area contributed by atoms with E-state index in [0.29, 0.717) is 5.56 Å². The van der Waals surface area contributed by atoms with Crippen molar-refractivity contribution >= 4 is 0 Å². The van der Waals surface area contributed by atoms with Crippen LogP contribution in [0, 0.1) is 12.3 Å². The van der Waals surface area contributed by atoms with E-state index in [9.17, 15) is 5.11 Å². The topological polar surface area (TPSA) is 33.4 Å². The lowest BCUT2D eigenvalue weighted by Gasteiger charge is -2.00. The maximum atomic E-state index is 9.23. The summed E-state index contributed by atoms with van der Waals surface area (Å²) in [5, 5.41) is 9.23. The Morgan fingerprint density at radius 1 is 1.82 bits per heavy atom. The van der Waals surface area contributed by atoms with Gasteiger partial charge in [-0.05, 0) is 6.07 Å². The molecule has 1 N–H and O–H groups in total. The van der Waals surface area contributed by atoms with Gasteiger partial charge in [-0.25, -0.2) is 0 Å². The van der Waals surface area contributed by atoms with Crippen molar-refractivity contribution in [3.05, 3.63) is 23.7 Å². The van der Waals surface area contributed by atoms with Crippen molar-refractivity contribution < 1.29 is 9.52 Å². The van der Waals surface area contributed by atoms with Crippen molar-refractivity contribution in [2.24, 2.45) is 0 Å². The van der Waals surface area contributed by atoms with Crippen LogP contribution in [-0.2, 0) is 6.42 Å². The highest BCUT2D eigenvalue weighted by molar-refractivity contribution is 5.25. The van der Waals surface area contributed by atoms with Gasteiger partial charge in [0.1, 0.15) is 11.9 Å². The summed E-state index contributed by atoms with van der Waals surface area (Å²) in [5.41, 5.74) is 0.704. The molecule has 1 aromatic heterocycles. The van der Waals surface area contributed by atoms with Crippen LogP contribution in [0.5, 0.6) is 0 Å². The van der Waals surface area contributed by atoms with E-state index >= 15 is 0 Å². The third-order valence-electron chi connectivity index (χ3n) is 1.55. The molecule has 0 saturated heterocycles. The molecule has 0 fully saturated rings. The summed E-state index contributed by atoms with van der Waals surface area (Å²) in [6, 6.07) is 1.70. The summed E-state index contributed by atoms with van der Waals surface area (Å²) in [6.07, 6.45) is 6.50. The average Bonchev–Trinajstić information content (AvgIpc) is 2.50. The van der Waals surface area contributed by atoms with Crippen LogP contribution >= 0.6 is 0 Å². The fraction of sp³-hybridized carbons (Fsp3) is 0.333. The van der Waals surface area contributed by atoms with Gasteiger partial charge in [0.25, 0.3) is 0 Å². The van der Waals surface area contributed by atoms with Crippen LogP contribution in [0.3, 0.4) is 0 Å². The van der Waals surface area contributed by atoms with E-state index in [4.69, 9.17) is 10.8 Å². The Hall–Kier alpha value is -1.20. The fourth-order valence-electron chi connectivity index (χ4n) is 0.971. The van der Waals surface area contributed by atoms with Gasteiger partial charge in [0.05, 0.1) is 6.26 Å². The lowest BCUT2D eigenvalue weighted by Crippen LogP contribution is -1.94. The van der Waals surface area contributed by atoms with Gasteiger partial charge in [-0.3, -0.25) is 0 Å². The molecule has 0 spiro atoms. The number of aliphatic hydroxyl groups excluding tert-OH is 1. The fourth-order valence-corrected chi connectivity index (χ4v) is 0.971. The standard InChI is InChI=1S/C9H10O2/c1-3-8(10)7-5-6-11-9(7)4-2/h1,5-6,8,10H,4H2,2H3. The van der Waals surface area contributed by atoms with Crippen LogP contribution < -0.4 is 0 Å². The van der Waals surface area contributed by atoms with E-state index < -0.39 is 6.10 Å². The van der Waals surface area contributed by atoms with Crippen molar-refractivity contribution in [3.63, 3.8) is 0 Å². The van der Waals surface area contributed by atoms with Gasteiger partial charge in [-0.15, -0.1) is 6.42 Å². The van der Waals surface area contributed by atoms with Gasteiger partial charge >= 0.3 is 0 Å². The monoisotopic (exact) mass is 150 g/mol. The van der Waals surface area contributed by atoms with Crippen molar-refractivity contribution in [1.82, 2.24) is 0 Å². The molecule has 1 aromatic rings. The smallest absolute Gasteiger partial charge is 0.143 e. The van der Waals surface area contributed by atoms with Gasteiger partial charge in [0.15, 0.2) is 0 Å². The number of furan rings is 1. The Balaban J connectivity index is 2.94. The third-order valence-corrected chi connectivity index (χ3v) is 1.55. The summed E-state index contributed by atoms with van der Waals surface area (Å²) < 4.78 is 5.08. The second-order valence-electron chi connectivity index (χ2n) is 2.22. The van der Waals surface area contributed by atoms with Crippen molar-refractivity contribution in [2.45, 2.75) is 19.4 Å². The van der Waals surface area contributed by atoms with Crippen molar-refractivity contribution in [2.75, 3.05) is 0 Å². The molecule has 1 rings (SSSR count). The van der Waals surface area contributed by atoms with Gasteiger partial charge in [0.2, 0.25) is 0 Å². The summed E-state index contributed by atoms with van der Waals surface area (Å²) in [7, 11) is 0. The van der Waals surface area contributed by atoms with Gasteiger partial charge in [-0.2, -0.15) is 0 Å². The molecule has 1 atom stereocenters. The third kappa shape index (κ3) is 1.44. The minimum absolute atomic E-state index is 0.704. The summed E-state index contributed by atoms with van der Waals surface area (Å²) in [6.45, 7) is 1.95. The molecular weight excluding hydrogens is 140 g/mol. The van der Waals surface area contributed by atoms with E-state index in [0.717, 1.165) is 12.2 Å². The Morgan fingerprint density at radius 2 is 2.55 bits per heavy atom. The molecule has 0 saturated carbocycles. The predicted molar refractivity (Wildman–Crippen MR) is 41.9 cm³/mol. The molecule has 2 nitrogen and oxygen atoms in total. The number of hydrogen-bond acceptors (Lipinski definition) is 2.